The van der Waals surface area contributed by atoms with Gasteiger partial charge in [-0.2, -0.15) is 0 Å². The van der Waals surface area contributed by atoms with Gasteiger partial charge in [-0.1, -0.05) is 0 Å². The van der Waals surface area contributed by atoms with Crippen LogP contribution in [-0.2, 0) is 14.3 Å². The highest BCUT2D eigenvalue weighted by molar-refractivity contribution is 7.80. The lowest BCUT2D eigenvalue weighted by molar-refractivity contribution is -0.138. The van der Waals surface area contributed by atoms with Crippen LogP contribution in [0.3, 0.4) is 0 Å². The summed E-state index contributed by atoms with van der Waals surface area (Å²) < 4.78 is 4.20. The van der Waals surface area contributed by atoms with E-state index in [9.17, 15) is 9.59 Å². The van der Waals surface area contributed by atoms with Crippen molar-refractivity contribution in [1.82, 2.24) is 10.2 Å². The Bertz CT molecular complexity index is 498. The van der Waals surface area contributed by atoms with Gasteiger partial charge in [0.1, 0.15) is 4.33 Å². The molecule has 1 heterocycles. The summed E-state index contributed by atoms with van der Waals surface area (Å²) in [6.45, 7) is 1.01. The van der Waals surface area contributed by atoms with Gasteiger partial charge >= 0.3 is 0 Å². The van der Waals surface area contributed by atoms with Crippen molar-refractivity contribution < 1.29 is 14.3 Å². The van der Waals surface area contributed by atoms with E-state index in [4.69, 9.17) is 40.2 Å². The van der Waals surface area contributed by atoms with Gasteiger partial charge < -0.3 is 10.1 Å². The minimum atomic E-state index is -0.979. The minimum absolute atomic E-state index is 0.0736. The largest absolute Gasteiger partial charge is 0.383 e. The number of halogens is 2. The highest BCUT2D eigenvalue weighted by Gasteiger charge is 2.51. The molecular formula is C12H15Cl2N3O3S. The molecular weight excluding hydrogens is 337 g/mol. The zero-order chi connectivity index (χ0) is 15.6. The number of carbonyl (C=O) groups is 2. The highest BCUT2D eigenvalue weighted by atomic mass is 35.5. The molecule has 0 unspecified atom stereocenters. The van der Waals surface area contributed by atoms with Crippen LogP contribution in [0.1, 0.15) is 6.42 Å². The molecule has 1 saturated heterocycles. The first-order valence-corrected chi connectivity index (χ1v) is 7.56. The monoisotopic (exact) mass is 351 g/mol. The summed E-state index contributed by atoms with van der Waals surface area (Å²) in [4.78, 5) is 29.5. The summed E-state index contributed by atoms with van der Waals surface area (Å²) in [5.41, 5.74) is 0. The second kappa shape index (κ2) is 6.56. The van der Waals surface area contributed by atoms with Crippen molar-refractivity contribution in [2.45, 2.75) is 10.8 Å². The second-order valence-corrected chi connectivity index (χ2v) is 6.86. The van der Waals surface area contributed by atoms with Crippen LogP contribution in [0.5, 0.6) is 0 Å². The first kappa shape index (κ1) is 16.6. The summed E-state index contributed by atoms with van der Waals surface area (Å²) in [7, 11) is 1.52. The summed E-state index contributed by atoms with van der Waals surface area (Å²) in [5, 5.41) is 2.58. The fourth-order valence-electron chi connectivity index (χ4n) is 1.92. The highest BCUT2D eigenvalue weighted by Crippen LogP contribution is 2.53. The van der Waals surface area contributed by atoms with Crippen molar-refractivity contribution in [3.8, 4) is 0 Å². The Kier molecular flexibility index (Phi) is 5.19. The van der Waals surface area contributed by atoms with Crippen LogP contribution in [0.25, 0.3) is 0 Å². The van der Waals surface area contributed by atoms with Gasteiger partial charge in [0.2, 0.25) is 11.8 Å². The van der Waals surface area contributed by atoms with E-state index in [-0.39, 0.29) is 17.6 Å². The number of nitrogens with zero attached hydrogens (tertiary/aromatic N) is 2. The molecule has 1 aliphatic heterocycles. The summed E-state index contributed by atoms with van der Waals surface area (Å²) in [5.74, 6) is -1.78. The predicted octanol–water partition coefficient (Wildman–Crippen LogP) is 0.757. The van der Waals surface area contributed by atoms with Gasteiger partial charge in [0.15, 0.2) is 11.0 Å². The average molecular weight is 352 g/mol. The SMILES string of the molecule is COCCN1C(=O)[C@H](C=NC[C@@H]2CC2(Cl)Cl)C(=O)NC1=S. The van der Waals surface area contributed by atoms with Gasteiger partial charge in [-0.05, 0) is 18.6 Å². The molecule has 0 aromatic heterocycles. The Hall–Kier alpha value is -0.760. The van der Waals surface area contributed by atoms with Crippen molar-refractivity contribution in [2.75, 3.05) is 26.8 Å². The molecule has 1 aliphatic carbocycles. The molecule has 1 saturated carbocycles. The fraction of sp³-hybridized carbons (Fsp3) is 0.667. The van der Waals surface area contributed by atoms with E-state index in [1.807, 2.05) is 0 Å². The fourth-order valence-corrected chi connectivity index (χ4v) is 2.71. The molecule has 0 aromatic rings. The Balaban J connectivity index is 1.96. The number of thiocarbonyl (C=S) groups is 1. The second-order valence-electron chi connectivity index (χ2n) is 4.93. The van der Waals surface area contributed by atoms with E-state index in [1.165, 1.54) is 18.2 Å². The van der Waals surface area contributed by atoms with Gasteiger partial charge in [-0.25, -0.2) is 0 Å². The molecule has 1 N–H and O–H groups in total. The molecule has 0 bridgehead atoms. The Morgan fingerprint density at radius 2 is 2.24 bits per heavy atom. The Morgan fingerprint density at radius 1 is 1.57 bits per heavy atom. The number of methoxy groups -OCH3 is 1. The molecule has 0 spiro atoms. The smallest absolute Gasteiger partial charge is 0.246 e. The predicted molar refractivity (Wildman–Crippen MR) is 83.7 cm³/mol. The Labute approximate surface area is 137 Å². The molecule has 0 aromatic carbocycles. The van der Waals surface area contributed by atoms with Crippen molar-refractivity contribution in [1.29, 1.82) is 0 Å². The molecule has 9 heteroatoms. The summed E-state index contributed by atoms with van der Waals surface area (Å²) in [6.07, 6.45) is 2.00. The molecule has 21 heavy (non-hydrogen) atoms. The standard InChI is InChI=1S/C12H15Cl2N3O3S/c1-20-3-2-17-10(19)8(9(18)16-11(17)21)6-15-5-7-4-12(7,13)14/h6-8H,2-5H2,1H3,(H,16,18,21)/t7-,8+/m0/s1. The number of aliphatic imine (C=N–C) groups is 1. The first-order valence-electron chi connectivity index (χ1n) is 6.39. The van der Waals surface area contributed by atoms with E-state index in [0.29, 0.717) is 19.6 Å². The van der Waals surface area contributed by atoms with Crippen LogP contribution in [0.4, 0.5) is 0 Å². The molecule has 2 rings (SSSR count). The molecule has 6 nitrogen and oxygen atoms in total. The van der Waals surface area contributed by atoms with Crippen LogP contribution in [0, 0.1) is 11.8 Å². The molecule has 0 radical (unpaired) electrons. The number of amides is 2. The minimum Gasteiger partial charge on any atom is -0.383 e. The van der Waals surface area contributed by atoms with Crippen LogP contribution in [0.15, 0.2) is 4.99 Å². The molecule has 2 aliphatic rings. The van der Waals surface area contributed by atoms with Crippen LogP contribution in [-0.4, -0.2) is 59.2 Å². The topological polar surface area (TPSA) is 71.0 Å². The summed E-state index contributed by atoms with van der Waals surface area (Å²) in [6, 6.07) is 0. The average Bonchev–Trinajstić information content (AvgIpc) is 3.00. The van der Waals surface area contributed by atoms with Crippen molar-refractivity contribution >= 4 is 58.6 Å². The van der Waals surface area contributed by atoms with Crippen LogP contribution >= 0.6 is 35.4 Å². The van der Waals surface area contributed by atoms with E-state index in [1.54, 1.807) is 0 Å². The zero-order valence-electron chi connectivity index (χ0n) is 11.3. The zero-order valence-corrected chi connectivity index (χ0v) is 13.7. The number of carbonyl (C=O) groups excluding carboxylic acids is 2. The summed E-state index contributed by atoms with van der Waals surface area (Å²) >= 11 is 16.8. The lowest BCUT2D eigenvalue weighted by atomic mass is 10.1. The van der Waals surface area contributed by atoms with E-state index < -0.39 is 22.1 Å². The Morgan fingerprint density at radius 3 is 2.81 bits per heavy atom. The number of alkyl halides is 2. The number of hydrogen-bond acceptors (Lipinski definition) is 5. The van der Waals surface area contributed by atoms with Gasteiger partial charge in [0.25, 0.3) is 0 Å². The van der Waals surface area contributed by atoms with E-state index in [2.05, 4.69) is 10.3 Å². The number of nitrogens with one attached hydrogen (secondary N) is 1. The molecule has 2 atom stereocenters. The molecule has 116 valence electrons. The van der Waals surface area contributed by atoms with Gasteiger partial charge in [0, 0.05) is 25.8 Å². The molecule has 2 amide bonds. The third-order valence-electron chi connectivity index (χ3n) is 3.34. The maximum atomic E-state index is 12.2. The van der Waals surface area contributed by atoms with Crippen LogP contribution in [0.2, 0.25) is 0 Å². The van der Waals surface area contributed by atoms with Gasteiger partial charge in [0.05, 0.1) is 13.2 Å². The maximum Gasteiger partial charge on any atom is 0.246 e. The van der Waals surface area contributed by atoms with Crippen molar-refractivity contribution in [3.05, 3.63) is 0 Å². The van der Waals surface area contributed by atoms with E-state index in [0.717, 1.165) is 0 Å². The number of rotatable bonds is 6. The van der Waals surface area contributed by atoms with Crippen molar-refractivity contribution in [3.63, 3.8) is 0 Å². The third-order valence-corrected chi connectivity index (χ3v) is 4.59. The van der Waals surface area contributed by atoms with Crippen molar-refractivity contribution in [2.24, 2.45) is 16.8 Å². The third kappa shape index (κ3) is 3.91. The maximum absolute atomic E-state index is 12.2. The van der Waals surface area contributed by atoms with Crippen LogP contribution < -0.4 is 5.32 Å². The lowest BCUT2D eigenvalue weighted by Gasteiger charge is -2.30. The molecule has 2 fully saturated rings. The van der Waals surface area contributed by atoms with E-state index >= 15 is 0 Å². The normalized spacial score (nSPS) is 28.1. The number of ether oxygens (including phenoxy) is 1. The first-order chi connectivity index (χ1) is 9.86. The lowest BCUT2D eigenvalue weighted by Crippen LogP contribution is -2.58. The van der Waals surface area contributed by atoms with Gasteiger partial charge in [-0.3, -0.25) is 19.5 Å². The number of hydrogen-bond donors (Lipinski definition) is 1. The van der Waals surface area contributed by atoms with Gasteiger partial charge in [-0.15, -0.1) is 23.2 Å². The quantitative estimate of drug-likeness (QED) is 0.332.